The van der Waals surface area contributed by atoms with E-state index in [1.807, 2.05) is 27.7 Å². The monoisotopic (exact) mass is 479 g/mol. The Hall–Kier alpha value is -2.23. The summed E-state index contributed by atoms with van der Waals surface area (Å²) in [6.07, 6.45) is 0.480. The van der Waals surface area contributed by atoms with Gasteiger partial charge in [0.15, 0.2) is 0 Å². The van der Waals surface area contributed by atoms with Gasteiger partial charge in [0.1, 0.15) is 6.10 Å². The summed E-state index contributed by atoms with van der Waals surface area (Å²) < 4.78 is 60.0. The molecule has 7 nitrogen and oxygen atoms in total. The lowest BCUT2D eigenvalue weighted by Crippen LogP contribution is -2.42. The zero-order valence-electron chi connectivity index (χ0n) is 18.7. The van der Waals surface area contributed by atoms with Crippen LogP contribution in [0, 0.1) is 19.3 Å². The molecule has 0 amide bonds. The topological polar surface area (TPSA) is 97.8 Å². The summed E-state index contributed by atoms with van der Waals surface area (Å²) in [6.45, 7) is 6.89. The second-order valence-corrected chi connectivity index (χ2v) is 12.3. The number of aryl methyl sites for hydroxylation is 2. The van der Waals surface area contributed by atoms with Gasteiger partial charge >= 0.3 is 5.97 Å². The fraction of sp³-hybridized carbons (Fsp3) is 0.435. The lowest BCUT2D eigenvalue weighted by atomic mass is 9.80. The van der Waals surface area contributed by atoms with Crippen molar-refractivity contribution >= 4 is 26.0 Å². The molecule has 0 saturated carbocycles. The number of hydrogen-bond donors (Lipinski definition) is 0. The fourth-order valence-electron chi connectivity index (χ4n) is 3.91. The lowest BCUT2D eigenvalue weighted by molar-refractivity contribution is -0.149. The molecule has 0 aromatic heterocycles. The van der Waals surface area contributed by atoms with E-state index in [-0.39, 0.29) is 16.2 Å². The highest BCUT2D eigenvalue weighted by Crippen LogP contribution is 2.41. The number of nitrogens with zero attached hydrogens (tertiary/aromatic N) is 1. The normalized spacial score (nSPS) is 18.7. The first-order chi connectivity index (χ1) is 15.0. The molecule has 1 heterocycles. The summed E-state index contributed by atoms with van der Waals surface area (Å²) in [7, 11) is -8.87. The van der Waals surface area contributed by atoms with Gasteiger partial charge in [-0.1, -0.05) is 53.0 Å². The van der Waals surface area contributed by atoms with Crippen molar-refractivity contribution in [3.05, 3.63) is 59.7 Å². The molecule has 0 N–H and O–H groups in total. The number of rotatable bonds is 8. The third-order valence-corrected chi connectivity index (χ3v) is 10.5. The Morgan fingerprint density at radius 2 is 1.25 bits per heavy atom. The van der Waals surface area contributed by atoms with Crippen LogP contribution in [0.25, 0.3) is 0 Å². The standard InChI is InChI=1S/C23H29NO6S2/c1-5-23(6-2)15-19(30-22(23)25)16-24(31(26,27)20-11-7-17(3)8-12-20)32(28,29)21-13-9-18(4)10-14-21/h7-14,19H,5-6,15-16H2,1-4H3/t19-/m0/s1. The summed E-state index contributed by atoms with van der Waals surface area (Å²) in [6, 6.07) is 12.0. The van der Waals surface area contributed by atoms with Gasteiger partial charge in [0.2, 0.25) is 0 Å². The maximum atomic E-state index is 13.5. The third-order valence-electron chi connectivity index (χ3n) is 6.21. The Morgan fingerprint density at radius 3 is 1.59 bits per heavy atom. The minimum absolute atomic E-state index is 0.139. The van der Waals surface area contributed by atoms with Gasteiger partial charge in [-0.25, -0.2) is 16.8 Å². The van der Waals surface area contributed by atoms with Crippen LogP contribution in [0.1, 0.15) is 44.2 Å². The number of sulfonamides is 2. The van der Waals surface area contributed by atoms with E-state index in [0.29, 0.717) is 16.6 Å². The van der Waals surface area contributed by atoms with E-state index < -0.39 is 44.1 Å². The van der Waals surface area contributed by atoms with Gasteiger partial charge in [-0.3, -0.25) is 4.79 Å². The fourth-order valence-corrected chi connectivity index (χ4v) is 7.62. The number of carbonyl (C=O) groups excluding carboxylic acids is 1. The highest BCUT2D eigenvalue weighted by atomic mass is 32.3. The molecule has 0 aliphatic carbocycles. The number of hydrogen-bond acceptors (Lipinski definition) is 6. The molecule has 0 spiro atoms. The Labute approximate surface area is 190 Å². The Morgan fingerprint density at radius 1 is 0.844 bits per heavy atom. The number of ether oxygens (including phenoxy) is 1. The smallest absolute Gasteiger partial charge is 0.312 e. The van der Waals surface area contributed by atoms with E-state index in [0.717, 1.165) is 11.1 Å². The predicted molar refractivity (Wildman–Crippen MR) is 121 cm³/mol. The highest BCUT2D eigenvalue weighted by Gasteiger charge is 2.49. The molecule has 174 valence electrons. The summed E-state index contributed by atoms with van der Waals surface area (Å²) >= 11 is 0. The summed E-state index contributed by atoms with van der Waals surface area (Å²) in [5.41, 5.74) is 0.965. The van der Waals surface area contributed by atoms with Gasteiger partial charge in [-0.05, 0) is 51.0 Å². The minimum Gasteiger partial charge on any atom is -0.460 e. The quantitative estimate of drug-likeness (QED) is 0.534. The van der Waals surface area contributed by atoms with Crippen LogP contribution in [0.15, 0.2) is 58.3 Å². The van der Waals surface area contributed by atoms with E-state index in [1.54, 1.807) is 24.3 Å². The molecule has 0 bridgehead atoms. The molecule has 9 heteroatoms. The van der Waals surface area contributed by atoms with Crippen molar-refractivity contribution in [2.24, 2.45) is 5.41 Å². The van der Waals surface area contributed by atoms with Crippen molar-refractivity contribution in [2.75, 3.05) is 6.54 Å². The number of cyclic esters (lactones) is 1. The first-order valence-corrected chi connectivity index (χ1v) is 13.5. The average molecular weight is 480 g/mol. The van der Waals surface area contributed by atoms with Crippen LogP contribution < -0.4 is 0 Å². The molecule has 2 aromatic rings. The van der Waals surface area contributed by atoms with Gasteiger partial charge < -0.3 is 4.74 Å². The molecule has 1 saturated heterocycles. The molecule has 3 rings (SSSR count). The molecule has 1 aliphatic rings. The SMILES string of the molecule is CCC1(CC)C[C@@H](CN(S(=O)(=O)c2ccc(C)cc2)S(=O)(=O)c2ccc(C)cc2)OC1=O. The van der Waals surface area contributed by atoms with Crippen LogP contribution in [-0.4, -0.2) is 39.2 Å². The van der Waals surface area contributed by atoms with Gasteiger partial charge in [-0.2, -0.15) is 0 Å². The van der Waals surface area contributed by atoms with Crippen LogP contribution in [-0.2, 0) is 29.6 Å². The first-order valence-electron chi connectivity index (χ1n) is 10.6. The van der Waals surface area contributed by atoms with Crippen LogP contribution in [0.2, 0.25) is 0 Å². The third kappa shape index (κ3) is 4.46. The maximum absolute atomic E-state index is 13.5. The zero-order valence-corrected chi connectivity index (χ0v) is 20.4. The largest absolute Gasteiger partial charge is 0.460 e. The number of esters is 1. The first kappa shape index (κ1) is 24.4. The van der Waals surface area contributed by atoms with Crippen LogP contribution in [0.5, 0.6) is 0 Å². The van der Waals surface area contributed by atoms with E-state index in [9.17, 15) is 21.6 Å². The van der Waals surface area contributed by atoms with Crippen molar-refractivity contribution in [1.29, 1.82) is 0 Å². The van der Waals surface area contributed by atoms with Crippen molar-refractivity contribution in [2.45, 2.75) is 62.9 Å². The van der Waals surface area contributed by atoms with Gasteiger partial charge in [0, 0.05) is 6.42 Å². The molecular weight excluding hydrogens is 450 g/mol. The van der Waals surface area contributed by atoms with Gasteiger partial charge in [0.25, 0.3) is 20.0 Å². The van der Waals surface area contributed by atoms with Gasteiger partial charge in [0.05, 0.1) is 21.8 Å². The zero-order chi connectivity index (χ0) is 23.7. The Balaban J connectivity index is 2.07. The molecular formula is C23H29NO6S2. The van der Waals surface area contributed by atoms with E-state index in [2.05, 4.69) is 0 Å². The molecule has 32 heavy (non-hydrogen) atoms. The van der Waals surface area contributed by atoms with E-state index in [1.165, 1.54) is 24.3 Å². The average Bonchev–Trinajstić information content (AvgIpc) is 3.08. The predicted octanol–water partition coefficient (Wildman–Crippen LogP) is 3.80. The number of benzene rings is 2. The minimum atomic E-state index is -4.44. The van der Waals surface area contributed by atoms with Gasteiger partial charge in [-0.15, -0.1) is 0 Å². The van der Waals surface area contributed by atoms with Crippen LogP contribution >= 0.6 is 0 Å². The second kappa shape index (κ2) is 8.96. The second-order valence-electron chi connectivity index (χ2n) is 8.31. The summed E-state index contributed by atoms with van der Waals surface area (Å²) in [5, 5.41) is 0. The van der Waals surface area contributed by atoms with Crippen molar-refractivity contribution in [3.8, 4) is 0 Å². The molecule has 0 unspecified atom stereocenters. The molecule has 1 atom stereocenters. The van der Waals surface area contributed by atoms with Crippen molar-refractivity contribution in [3.63, 3.8) is 0 Å². The van der Waals surface area contributed by atoms with Crippen LogP contribution in [0.3, 0.4) is 0 Å². The van der Waals surface area contributed by atoms with Crippen molar-refractivity contribution < 1.29 is 26.4 Å². The molecule has 2 aromatic carbocycles. The van der Waals surface area contributed by atoms with Crippen molar-refractivity contribution in [1.82, 2.24) is 3.71 Å². The van der Waals surface area contributed by atoms with Crippen LogP contribution in [0.4, 0.5) is 0 Å². The summed E-state index contributed by atoms with van der Waals surface area (Å²) in [5.74, 6) is -0.409. The lowest BCUT2D eigenvalue weighted by Gasteiger charge is -2.25. The number of carbonyl (C=O) groups is 1. The molecule has 1 fully saturated rings. The van der Waals surface area contributed by atoms with E-state index >= 15 is 0 Å². The maximum Gasteiger partial charge on any atom is 0.312 e. The Bertz CT molecular complexity index is 1110. The molecule has 0 radical (unpaired) electrons. The summed E-state index contributed by atoms with van der Waals surface area (Å²) in [4.78, 5) is 12.2. The highest BCUT2D eigenvalue weighted by molar-refractivity contribution is 8.04. The Kier molecular flexibility index (Phi) is 6.83. The van der Waals surface area contributed by atoms with E-state index in [4.69, 9.17) is 4.74 Å². The molecule has 1 aliphatic heterocycles.